The van der Waals surface area contributed by atoms with E-state index < -0.39 is 0 Å². The second-order valence-corrected chi connectivity index (χ2v) is 6.13. The lowest BCUT2D eigenvalue weighted by Crippen LogP contribution is -2.49. The minimum Gasteiger partial charge on any atom is -0.353 e. The van der Waals surface area contributed by atoms with Crippen LogP contribution in [0.5, 0.6) is 0 Å². The van der Waals surface area contributed by atoms with Gasteiger partial charge in [0.1, 0.15) is 5.82 Å². The fourth-order valence-electron chi connectivity index (χ4n) is 2.25. The van der Waals surface area contributed by atoms with Gasteiger partial charge in [0, 0.05) is 49.3 Å². The van der Waals surface area contributed by atoms with E-state index in [0.29, 0.717) is 6.42 Å². The first-order valence-electron chi connectivity index (χ1n) is 6.96. The fraction of sp³-hybridized carbons (Fsp3) is 0.571. The molecule has 8 heteroatoms. The molecule has 126 valence electrons. The number of nitrogens with two attached hydrogens (primary N) is 1. The molecule has 1 atom stereocenters. The Morgan fingerprint density at radius 2 is 1.95 bits per heavy atom. The zero-order valence-electron chi connectivity index (χ0n) is 12.6. The molecule has 22 heavy (non-hydrogen) atoms. The molecule has 0 radical (unpaired) electrons. The SMILES string of the molecule is CC(N)CCC(=O)N1CCN(c2ccc(Br)cn2)CC1.Cl.Cl. The van der Waals surface area contributed by atoms with E-state index >= 15 is 0 Å². The molecule has 1 amide bonds. The van der Waals surface area contributed by atoms with E-state index in [9.17, 15) is 4.79 Å². The van der Waals surface area contributed by atoms with E-state index in [0.717, 1.165) is 42.9 Å². The summed E-state index contributed by atoms with van der Waals surface area (Å²) in [5.74, 6) is 1.18. The molecule has 1 aromatic heterocycles. The highest BCUT2D eigenvalue weighted by molar-refractivity contribution is 9.10. The molecule has 0 spiro atoms. The Morgan fingerprint density at radius 3 is 2.45 bits per heavy atom. The van der Waals surface area contributed by atoms with Crippen LogP contribution >= 0.6 is 40.7 Å². The number of anilines is 1. The van der Waals surface area contributed by atoms with Gasteiger partial charge in [-0.2, -0.15) is 0 Å². The van der Waals surface area contributed by atoms with Crippen LogP contribution in [0.25, 0.3) is 0 Å². The van der Waals surface area contributed by atoms with Crippen LogP contribution in [0.4, 0.5) is 5.82 Å². The van der Waals surface area contributed by atoms with Crippen molar-refractivity contribution in [3.8, 4) is 0 Å². The number of amides is 1. The predicted molar refractivity (Wildman–Crippen MR) is 98.1 cm³/mol. The van der Waals surface area contributed by atoms with Crippen LogP contribution < -0.4 is 10.6 Å². The maximum atomic E-state index is 12.0. The first-order chi connectivity index (χ1) is 9.56. The molecule has 0 aromatic carbocycles. The molecule has 5 nitrogen and oxygen atoms in total. The molecule has 2 N–H and O–H groups in total. The standard InChI is InChI=1S/C14H21BrN4O.2ClH/c1-11(16)2-5-14(20)19-8-6-18(7-9-19)13-4-3-12(15)10-17-13;;/h3-4,10-11H,2,5-9,16H2,1H3;2*1H. The number of nitrogens with zero attached hydrogens (tertiary/aromatic N) is 3. The Kier molecular flexibility index (Phi) is 10.00. The molecule has 1 aromatic rings. The van der Waals surface area contributed by atoms with Gasteiger partial charge in [0.25, 0.3) is 0 Å². The Balaban J connectivity index is 0.00000220. The summed E-state index contributed by atoms with van der Waals surface area (Å²) in [4.78, 5) is 20.5. The largest absolute Gasteiger partial charge is 0.353 e. The van der Waals surface area contributed by atoms with Gasteiger partial charge in [-0.3, -0.25) is 4.79 Å². The number of carbonyl (C=O) groups excluding carboxylic acids is 1. The average Bonchev–Trinajstić information content (AvgIpc) is 2.46. The number of rotatable bonds is 4. The highest BCUT2D eigenvalue weighted by Crippen LogP contribution is 2.17. The maximum Gasteiger partial charge on any atom is 0.222 e. The Morgan fingerprint density at radius 1 is 1.32 bits per heavy atom. The second-order valence-electron chi connectivity index (χ2n) is 5.22. The van der Waals surface area contributed by atoms with Crippen molar-refractivity contribution >= 4 is 52.5 Å². The number of carbonyl (C=O) groups is 1. The van der Waals surface area contributed by atoms with E-state index in [1.807, 2.05) is 24.0 Å². The molecule has 1 unspecified atom stereocenters. The zero-order chi connectivity index (χ0) is 14.5. The minimum atomic E-state index is 0. The number of piperazine rings is 1. The first kappa shape index (κ1) is 21.4. The summed E-state index contributed by atoms with van der Waals surface area (Å²) in [6.45, 7) is 5.12. The summed E-state index contributed by atoms with van der Waals surface area (Å²) in [5.41, 5.74) is 5.69. The summed E-state index contributed by atoms with van der Waals surface area (Å²) >= 11 is 3.38. The van der Waals surface area contributed by atoms with Gasteiger partial charge in [-0.05, 0) is 41.4 Å². The lowest BCUT2D eigenvalue weighted by Gasteiger charge is -2.35. The van der Waals surface area contributed by atoms with E-state index in [-0.39, 0.29) is 36.8 Å². The van der Waals surface area contributed by atoms with Gasteiger partial charge in [0.2, 0.25) is 5.91 Å². The van der Waals surface area contributed by atoms with Gasteiger partial charge < -0.3 is 15.5 Å². The molecule has 1 saturated heterocycles. The number of halogens is 3. The molecule has 1 aliphatic heterocycles. The molecular weight excluding hydrogens is 391 g/mol. The molecular formula is C14H23BrCl2N4O. The van der Waals surface area contributed by atoms with Crippen LogP contribution in [-0.2, 0) is 4.79 Å². The van der Waals surface area contributed by atoms with E-state index in [1.165, 1.54) is 0 Å². The Labute approximate surface area is 152 Å². The Bertz CT molecular complexity index is 451. The zero-order valence-corrected chi connectivity index (χ0v) is 15.8. The topological polar surface area (TPSA) is 62.5 Å². The van der Waals surface area contributed by atoms with Gasteiger partial charge in [-0.1, -0.05) is 0 Å². The van der Waals surface area contributed by atoms with Crippen molar-refractivity contribution in [2.24, 2.45) is 5.73 Å². The van der Waals surface area contributed by atoms with Crippen molar-refractivity contribution in [3.63, 3.8) is 0 Å². The van der Waals surface area contributed by atoms with Crippen molar-refractivity contribution in [1.82, 2.24) is 9.88 Å². The quantitative estimate of drug-likeness (QED) is 0.823. The smallest absolute Gasteiger partial charge is 0.222 e. The van der Waals surface area contributed by atoms with Gasteiger partial charge in [0.05, 0.1) is 0 Å². The lowest BCUT2D eigenvalue weighted by atomic mass is 10.1. The number of hydrogen-bond donors (Lipinski definition) is 1. The molecule has 0 bridgehead atoms. The van der Waals surface area contributed by atoms with Crippen LogP contribution in [0.1, 0.15) is 19.8 Å². The van der Waals surface area contributed by atoms with Crippen LogP contribution in [0, 0.1) is 0 Å². The summed E-state index contributed by atoms with van der Waals surface area (Å²) in [7, 11) is 0. The summed E-state index contributed by atoms with van der Waals surface area (Å²) < 4.78 is 0.978. The third-order valence-corrected chi connectivity index (χ3v) is 3.95. The summed E-state index contributed by atoms with van der Waals surface area (Å²) in [6, 6.07) is 4.08. The fourth-order valence-corrected chi connectivity index (χ4v) is 2.48. The van der Waals surface area contributed by atoms with Crippen LogP contribution in [0.15, 0.2) is 22.8 Å². The molecule has 0 saturated carbocycles. The normalized spacial score (nSPS) is 15.6. The van der Waals surface area contributed by atoms with Crippen LogP contribution in [0.3, 0.4) is 0 Å². The van der Waals surface area contributed by atoms with Gasteiger partial charge in [-0.25, -0.2) is 4.98 Å². The van der Waals surface area contributed by atoms with E-state index in [1.54, 1.807) is 6.20 Å². The molecule has 1 aliphatic rings. The van der Waals surface area contributed by atoms with Crippen molar-refractivity contribution in [2.45, 2.75) is 25.8 Å². The molecule has 0 aliphatic carbocycles. The van der Waals surface area contributed by atoms with E-state index in [4.69, 9.17) is 5.73 Å². The number of pyridine rings is 1. The van der Waals surface area contributed by atoms with E-state index in [2.05, 4.69) is 25.8 Å². The lowest BCUT2D eigenvalue weighted by molar-refractivity contribution is -0.131. The average molecular weight is 414 g/mol. The van der Waals surface area contributed by atoms with Crippen LogP contribution in [-0.4, -0.2) is 48.0 Å². The Hall–Kier alpha value is -0.560. The van der Waals surface area contributed by atoms with Gasteiger partial charge >= 0.3 is 0 Å². The van der Waals surface area contributed by atoms with Crippen molar-refractivity contribution < 1.29 is 4.79 Å². The minimum absolute atomic E-state index is 0. The van der Waals surface area contributed by atoms with Gasteiger partial charge in [-0.15, -0.1) is 24.8 Å². The highest BCUT2D eigenvalue weighted by atomic mass is 79.9. The summed E-state index contributed by atoms with van der Waals surface area (Å²) in [5, 5.41) is 0. The summed E-state index contributed by atoms with van der Waals surface area (Å²) in [6.07, 6.45) is 3.11. The van der Waals surface area contributed by atoms with Crippen molar-refractivity contribution in [2.75, 3.05) is 31.1 Å². The second kappa shape index (κ2) is 10.3. The number of aromatic nitrogens is 1. The molecule has 1 fully saturated rings. The van der Waals surface area contributed by atoms with Crippen molar-refractivity contribution in [3.05, 3.63) is 22.8 Å². The molecule has 2 heterocycles. The first-order valence-corrected chi connectivity index (χ1v) is 7.75. The third-order valence-electron chi connectivity index (χ3n) is 3.48. The van der Waals surface area contributed by atoms with Gasteiger partial charge in [0.15, 0.2) is 0 Å². The highest BCUT2D eigenvalue weighted by Gasteiger charge is 2.21. The predicted octanol–water partition coefficient (Wildman–Crippen LogP) is 2.46. The maximum absolute atomic E-state index is 12.0. The van der Waals surface area contributed by atoms with Crippen LogP contribution in [0.2, 0.25) is 0 Å². The number of hydrogen-bond acceptors (Lipinski definition) is 4. The molecule has 2 rings (SSSR count). The van der Waals surface area contributed by atoms with Crippen molar-refractivity contribution in [1.29, 1.82) is 0 Å². The monoisotopic (exact) mass is 412 g/mol. The third kappa shape index (κ3) is 6.28.